The van der Waals surface area contributed by atoms with Crippen LogP contribution in [0.25, 0.3) is 11.3 Å². The Morgan fingerprint density at radius 2 is 1.76 bits per heavy atom. The molecule has 0 aliphatic carbocycles. The van der Waals surface area contributed by atoms with E-state index in [9.17, 15) is 14.0 Å². The van der Waals surface area contributed by atoms with Crippen LogP contribution in [-0.2, 0) is 15.1 Å². The molecule has 1 aromatic heterocycles. The zero-order valence-electron chi connectivity index (χ0n) is 14.2. The maximum Gasteiger partial charge on any atom is 0.267 e. The summed E-state index contributed by atoms with van der Waals surface area (Å²) in [5.74, 6) is -0.526. The Morgan fingerprint density at radius 3 is 2.40 bits per heavy atom. The van der Waals surface area contributed by atoms with Gasteiger partial charge in [0.1, 0.15) is 11.4 Å². The number of benzene rings is 1. The van der Waals surface area contributed by atoms with E-state index < -0.39 is 5.54 Å². The number of aromatic nitrogens is 2. The predicted octanol–water partition coefficient (Wildman–Crippen LogP) is 1.64. The molecule has 0 bridgehead atoms. The molecule has 0 saturated carbocycles. The highest BCUT2D eigenvalue weighted by Gasteiger charge is 2.36. The van der Waals surface area contributed by atoms with Crippen molar-refractivity contribution in [2.45, 2.75) is 19.4 Å². The molecule has 0 radical (unpaired) electrons. The minimum Gasteiger partial charge on any atom is -0.378 e. The number of rotatable bonds is 3. The lowest BCUT2D eigenvalue weighted by Gasteiger charge is -2.34. The molecule has 2 aromatic rings. The van der Waals surface area contributed by atoms with Gasteiger partial charge in [-0.3, -0.25) is 9.59 Å². The van der Waals surface area contributed by atoms with E-state index in [1.165, 1.54) is 22.9 Å². The Balaban J connectivity index is 1.97. The van der Waals surface area contributed by atoms with Gasteiger partial charge in [-0.15, -0.1) is 0 Å². The first-order chi connectivity index (χ1) is 11.9. The molecule has 1 amide bonds. The van der Waals surface area contributed by atoms with Crippen molar-refractivity contribution in [2.24, 2.45) is 0 Å². The highest BCUT2D eigenvalue weighted by atomic mass is 19.1. The average molecular weight is 345 g/mol. The third-order valence-corrected chi connectivity index (χ3v) is 4.29. The molecule has 6 nitrogen and oxygen atoms in total. The Labute approximate surface area is 144 Å². The minimum atomic E-state index is -1.13. The largest absolute Gasteiger partial charge is 0.378 e. The van der Waals surface area contributed by atoms with Crippen molar-refractivity contribution < 1.29 is 13.9 Å². The van der Waals surface area contributed by atoms with Crippen LogP contribution in [0, 0.1) is 5.82 Å². The molecule has 1 saturated heterocycles. The van der Waals surface area contributed by atoms with Crippen LogP contribution in [0.15, 0.2) is 41.2 Å². The molecule has 0 unspecified atom stereocenters. The lowest BCUT2D eigenvalue weighted by molar-refractivity contribution is -0.144. The zero-order valence-corrected chi connectivity index (χ0v) is 14.2. The summed E-state index contributed by atoms with van der Waals surface area (Å²) in [6.07, 6.45) is 0. The molecule has 3 rings (SSSR count). The lowest BCUT2D eigenvalue weighted by Crippen LogP contribution is -2.54. The second-order valence-electron chi connectivity index (χ2n) is 6.44. The molecule has 1 aliphatic heterocycles. The number of carbonyl (C=O) groups is 1. The molecule has 25 heavy (non-hydrogen) atoms. The minimum absolute atomic E-state index is 0.179. The van der Waals surface area contributed by atoms with E-state index in [0.29, 0.717) is 37.6 Å². The topological polar surface area (TPSA) is 64.4 Å². The highest BCUT2D eigenvalue weighted by molar-refractivity contribution is 5.83. The molecule has 7 heteroatoms. The predicted molar refractivity (Wildman–Crippen MR) is 90.6 cm³/mol. The second-order valence-corrected chi connectivity index (χ2v) is 6.44. The Bertz CT molecular complexity index is 824. The van der Waals surface area contributed by atoms with Crippen LogP contribution in [0.5, 0.6) is 0 Å². The van der Waals surface area contributed by atoms with Gasteiger partial charge in [-0.25, -0.2) is 9.07 Å². The van der Waals surface area contributed by atoms with Crippen molar-refractivity contribution >= 4 is 5.91 Å². The standard InChI is InChI=1S/C18H20FN3O3/c1-18(2,17(24)21-9-11-25-12-10-21)22-16(23)8-7-15(20-22)13-3-5-14(19)6-4-13/h3-8H,9-12H2,1-2H3. The Hall–Kier alpha value is -2.54. The van der Waals surface area contributed by atoms with E-state index >= 15 is 0 Å². The molecule has 0 spiro atoms. The quantitative estimate of drug-likeness (QED) is 0.848. The number of morpholine rings is 1. The molecule has 1 aliphatic rings. The Kier molecular flexibility index (Phi) is 4.67. The van der Waals surface area contributed by atoms with Gasteiger partial charge in [0.2, 0.25) is 5.91 Å². The lowest BCUT2D eigenvalue weighted by atomic mass is 10.0. The molecule has 2 heterocycles. The summed E-state index contributed by atoms with van der Waals surface area (Å²) in [5, 5.41) is 4.36. The normalized spacial score (nSPS) is 15.2. The summed E-state index contributed by atoms with van der Waals surface area (Å²) < 4.78 is 19.6. The number of carbonyl (C=O) groups excluding carboxylic acids is 1. The summed E-state index contributed by atoms with van der Waals surface area (Å²) in [4.78, 5) is 26.9. The summed E-state index contributed by atoms with van der Waals surface area (Å²) in [7, 11) is 0. The van der Waals surface area contributed by atoms with Gasteiger partial charge in [-0.2, -0.15) is 5.10 Å². The molecular weight excluding hydrogens is 325 g/mol. The van der Waals surface area contributed by atoms with Crippen LogP contribution in [0.4, 0.5) is 4.39 Å². The maximum atomic E-state index is 13.1. The molecule has 1 fully saturated rings. The number of amides is 1. The van der Waals surface area contributed by atoms with E-state index in [-0.39, 0.29) is 17.3 Å². The van der Waals surface area contributed by atoms with Crippen molar-refractivity contribution in [3.05, 3.63) is 52.6 Å². The van der Waals surface area contributed by atoms with Crippen molar-refractivity contribution in [2.75, 3.05) is 26.3 Å². The van der Waals surface area contributed by atoms with Gasteiger partial charge in [0, 0.05) is 24.7 Å². The van der Waals surface area contributed by atoms with E-state index in [1.54, 1.807) is 36.9 Å². The molecule has 0 atom stereocenters. The van der Waals surface area contributed by atoms with Crippen LogP contribution >= 0.6 is 0 Å². The third kappa shape index (κ3) is 3.46. The van der Waals surface area contributed by atoms with Crippen molar-refractivity contribution in [3.63, 3.8) is 0 Å². The van der Waals surface area contributed by atoms with Gasteiger partial charge in [0.05, 0.1) is 18.9 Å². The molecule has 1 aromatic carbocycles. The van der Waals surface area contributed by atoms with Gasteiger partial charge in [-0.05, 0) is 44.2 Å². The van der Waals surface area contributed by atoms with Crippen molar-refractivity contribution in [3.8, 4) is 11.3 Å². The van der Waals surface area contributed by atoms with Crippen LogP contribution < -0.4 is 5.56 Å². The molecule has 132 valence electrons. The fourth-order valence-electron chi connectivity index (χ4n) is 2.83. The summed E-state index contributed by atoms with van der Waals surface area (Å²) in [5.41, 5.74) is -0.325. The van der Waals surface area contributed by atoms with E-state index in [4.69, 9.17) is 4.74 Å². The first-order valence-electron chi connectivity index (χ1n) is 8.13. The van der Waals surface area contributed by atoms with Crippen molar-refractivity contribution in [1.82, 2.24) is 14.7 Å². The van der Waals surface area contributed by atoms with Gasteiger partial charge >= 0.3 is 0 Å². The zero-order chi connectivity index (χ0) is 18.0. The van der Waals surface area contributed by atoms with Gasteiger partial charge < -0.3 is 9.64 Å². The monoisotopic (exact) mass is 345 g/mol. The number of ether oxygens (including phenoxy) is 1. The molecular formula is C18H20FN3O3. The van der Waals surface area contributed by atoms with Gasteiger partial charge in [0.15, 0.2) is 0 Å². The first-order valence-corrected chi connectivity index (χ1v) is 8.13. The Morgan fingerprint density at radius 1 is 1.12 bits per heavy atom. The van der Waals surface area contributed by atoms with E-state index in [0.717, 1.165) is 0 Å². The van der Waals surface area contributed by atoms with Crippen LogP contribution in [0.2, 0.25) is 0 Å². The maximum absolute atomic E-state index is 13.1. The van der Waals surface area contributed by atoms with Gasteiger partial charge in [-0.1, -0.05) is 0 Å². The first kappa shape index (κ1) is 17.3. The van der Waals surface area contributed by atoms with E-state index in [2.05, 4.69) is 5.10 Å². The summed E-state index contributed by atoms with van der Waals surface area (Å²) >= 11 is 0. The summed E-state index contributed by atoms with van der Waals surface area (Å²) in [6.45, 7) is 5.31. The fourth-order valence-corrected chi connectivity index (χ4v) is 2.83. The van der Waals surface area contributed by atoms with Crippen LogP contribution in [0.3, 0.4) is 0 Å². The highest BCUT2D eigenvalue weighted by Crippen LogP contribution is 2.20. The van der Waals surface area contributed by atoms with Crippen molar-refractivity contribution in [1.29, 1.82) is 0 Å². The summed E-state index contributed by atoms with van der Waals surface area (Å²) in [6, 6.07) is 8.78. The number of hydrogen-bond acceptors (Lipinski definition) is 4. The second kappa shape index (κ2) is 6.76. The number of nitrogens with zero attached hydrogens (tertiary/aromatic N) is 3. The number of halogens is 1. The number of hydrogen-bond donors (Lipinski definition) is 0. The molecule has 0 N–H and O–H groups in total. The SMILES string of the molecule is CC(C)(C(=O)N1CCOCC1)n1nc(-c2ccc(F)cc2)ccc1=O. The average Bonchev–Trinajstić information content (AvgIpc) is 2.63. The smallest absolute Gasteiger partial charge is 0.267 e. The van der Waals surface area contributed by atoms with Crippen LogP contribution in [-0.4, -0.2) is 46.9 Å². The van der Waals surface area contributed by atoms with Crippen LogP contribution in [0.1, 0.15) is 13.8 Å². The third-order valence-electron chi connectivity index (χ3n) is 4.29. The van der Waals surface area contributed by atoms with E-state index in [1.807, 2.05) is 0 Å². The van der Waals surface area contributed by atoms with Gasteiger partial charge in [0.25, 0.3) is 5.56 Å². The fraction of sp³-hybridized carbons (Fsp3) is 0.389.